The number of nitrogens with zero attached hydrogens (tertiary/aromatic N) is 3. The highest BCUT2D eigenvalue weighted by atomic mass is 16.5. The smallest absolute Gasteiger partial charge is 0.213 e. The van der Waals surface area contributed by atoms with Crippen LogP contribution in [0.2, 0.25) is 0 Å². The first kappa shape index (κ1) is 9.39. The van der Waals surface area contributed by atoms with E-state index in [-0.39, 0.29) is 0 Å². The van der Waals surface area contributed by atoms with Crippen LogP contribution in [0.4, 0.5) is 5.69 Å². The van der Waals surface area contributed by atoms with Crippen molar-refractivity contribution in [2.24, 2.45) is 0 Å². The molecule has 0 fully saturated rings. The quantitative estimate of drug-likeness (QED) is 0.790. The Morgan fingerprint density at radius 1 is 1.20 bits per heavy atom. The fourth-order valence-corrected chi connectivity index (χ4v) is 1.12. The van der Waals surface area contributed by atoms with Crippen molar-refractivity contribution in [2.45, 2.75) is 0 Å². The molecule has 0 aliphatic carbocycles. The molecular weight excluding hydrogens is 192 g/mol. The van der Waals surface area contributed by atoms with Crippen LogP contribution >= 0.6 is 0 Å². The second kappa shape index (κ2) is 3.91. The van der Waals surface area contributed by atoms with Gasteiger partial charge in [0, 0.05) is 6.07 Å². The van der Waals surface area contributed by atoms with Gasteiger partial charge in [0.1, 0.15) is 5.69 Å². The summed E-state index contributed by atoms with van der Waals surface area (Å²) in [4.78, 5) is 12.3. The second-order valence-electron chi connectivity index (χ2n) is 2.91. The maximum atomic E-state index is 5.49. The predicted octanol–water partition coefficient (Wildman–Crippen LogP) is 1.13. The molecule has 5 nitrogen and oxygen atoms in total. The molecule has 0 radical (unpaired) electrons. The summed E-state index contributed by atoms with van der Waals surface area (Å²) in [6, 6.07) is 5.41. The van der Waals surface area contributed by atoms with Crippen molar-refractivity contribution in [3.8, 4) is 17.4 Å². The molecule has 0 spiro atoms. The van der Waals surface area contributed by atoms with Gasteiger partial charge in [-0.2, -0.15) is 0 Å². The number of pyridine rings is 1. The number of nitrogens with two attached hydrogens (primary N) is 1. The Bertz CT molecular complexity index is 455. The van der Waals surface area contributed by atoms with Crippen LogP contribution in [0.1, 0.15) is 0 Å². The molecule has 0 bridgehead atoms. The molecule has 2 rings (SSSR count). The third-order valence-electron chi connectivity index (χ3n) is 1.83. The van der Waals surface area contributed by atoms with Gasteiger partial charge in [0.2, 0.25) is 5.88 Å². The molecule has 2 aromatic rings. The van der Waals surface area contributed by atoms with Gasteiger partial charge in [0.05, 0.1) is 25.2 Å². The van der Waals surface area contributed by atoms with E-state index in [2.05, 4.69) is 15.0 Å². The number of methoxy groups -OCH3 is 1. The first-order valence-electron chi connectivity index (χ1n) is 4.38. The molecule has 0 unspecified atom stereocenters. The summed E-state index contributed by atoms with van der Waals surface area (Å²) in [5, 5.41) is 0. The Balaban J connectivity index is 2.40. The van der Waals surface area contributed by atoms with E-state index in [4.69, 9.17) is 10.5 Å². The summed E-state index contributed by atoms with van der Waals surface area (Å²) < 4.78 is 5.01. The Labute approximate surface area is 87.0 Å². The van der Waals surface area contributed by atoms with E-state index in [0.29, 0.717) is 23.1 Å². The Morgan fingerprint density at radius 2 is 1.93 bits per heavy atom. The average Bonchev–Trinajstić information content (AvgIpc) is 2.30. The van der Waals surface area contributed by atoms with Crippen LogP contribution in [0.25, 0.3) is 11.5 Å². The van der Waals surface area contributed by atoms with Gasteiger partial charge in [0.25, 0.3) is 0 Å². The fraction of sp³-hybridized carbons (Fsp3) is 0.100. The largest absolute Gasteiger partial charge is 0.481 e. The molecule has 76 valence electrons. The van der Waals surface area contributed by atoms with E-state index < -0.39 is 0 Å². The number of rotatable bonds is 2. The topological polar surface area (TPSA) is 73.9 Å². The lowest BCUT2D eigenvalue weighted by Crippen LogP contribution is -1.95. The van der Waals surface area contributed by atoms with Crippen LogP contribution in [0, 0.1) is 0 Å². The molecule has 2 aromatic heterocycles. The van der Waals surface area contributed by atoms with Crippen molar-refractivity contribution < 1.29 is 4.74 Å². The summed E-state index contributed by atoms with van der Waals surface area (Å²) in [6.07, 6.45) is 3.09. The number of aromatic nitrogens is 3. The zero-order valence-corrected chi connectivity index (χ0v) is 8.21. The third kappa shape index (κ3) is 2.01. The van der Waals surface area contributed by atoms with Crippen LogP contribution in [0.15, 0.2) is 30.6 Å². The van der Waals surface area contributed by atoms with Gasteiger partial charge in [-0.1, -0.05) is 6.07 Å². The summed E-state index contributed by atoms with van der Waals surface area (Å²) in [5.41, 5.74) is 6.68. The monoisotopic (exact) mass is 202 g/mol. The van der Waals surface area contributed by atoms with E-state index in [1.165, 1.54) is 0 Å². The van der Waals surface area contributed by atoms with E-state index in [1.54, 1.807) is 25.6 Å². The van der Waals surface area contributed by atoms with Gasteiger partial charge < -0.3 is 10.5 Å². The van der Waals surface area contributed by atoms with Gasteiger partial charge >= 0.3 is 0 Å². The molecule has 2 N–H and O–H groups in total. The van der Waals surface area contributed by atoms with E-state index in [1.807, 2.05) is 12.1 Å². The normalized spacial score (nSPS) is 9.93. The first-order chi connectivity index (χ1) is 7.29. The van der Waals surface area contributed by atoms with Crippen molar-refractivity contribution >= 4 is 5.69 Å². The molecule has 5 heteroatoms. The van der Waals surface area contributed by atoms with Gasteiger partial charge in [-0.05, 0) is 6.07 Å². The first-order valence-corrected chi connectivity index (χ1v) is 4.38. The molecule has 15 heavy (non-hydrogen) atoms. The minimum atomic E-state index is 0.529. The Kier molecular flexibility index (Phi) is 2.45. The van der Waals surface area contributed by atoms with Crippen molar-refractivity contribution in [3.05, 3.63) is 30.6 Å². The zero-order valence-electron chi connectivity index (χ0n) is 8.21. The fourth-order valence-electron chi connectivity index (χ4n) is 1.12. The lowest BCUT2D eigenvalue weighted by atomic mass is 10.3. The SMILES string of the molecule is COc1cccc(-c2ncc(N)cn2)n1. The highest BCUT2D eigenvalue weighted by Gasteiger charge is 2.03. The van der Waals surface area contributed by atoms with Crippen molar-refractivity contribution in [3.63, 3.8) is 0 Å². The molecule has 2 heterocycles. The molecule has 0 atom stereocenters. The van der Waals surface area contributed by atoms with Crippen molar-refractivity contribution in [1.82, 2.24) is 15.0 Å². The van der Waals surface area contributed by atoms with Crippen molar-refractivity contribution in [2.75, 3.05) is 12.8 Å². The third-order valence-corrected chi connectivity index (χ3v) is 1.83. The highest BCUT2D eigenvalue weighted by molar-refractivity contribution is 5.51. The lowest BCUT2D eigenvalue weighted by molar-refractivity contribution is 0.398. The van der Waals surface area contributed by atoms with Gasteiger partial charge in [-0.25, -0.2) is 15.0 Å². The number of hydrogen-bond donors (Lipinski definition) is 1. The van der Waals surface area contributed by atoms with Gasteiger partial charge in [0.15, 0.2) is 5.82 Å². The van der Waals surface area contributed by atoms with Crippen LogP contribution in [0.3, 0.4) is 0 Å². The summed E-state index contributed by atoms with van der Waals surface area (Å²) in [6.45, 7) is 0. The number of hydrogen-bond acceptors (Lipinski definition) is 5. The van der Waals surface area contributed by atoms with Crippen LogP contribution < -0.4 is 10.5 Å². The zero-order chi connectivity index (χ0) is 10.7. The Morgan fingerprint density at radius 3 is 2.60 bits per heavy atom. The van der Waals surface area contributed by atoms with Crippen LogP contribution in [-0.2, 0) is 0 Å². The van der Waals surface area contributed by atoms with Crippen LogP contribution in [0.5, 0.6) is 5.88 Å². The minimum Gasteiger partial charge on any atom is -0.481 e. The molecule has 0 aliphatic heterocycles. The highest BCUT2D eigenvalue weighted by Crippen LogP contribution is 2.15. The Hall–Kier alpha value is -2.17. The summed E-state index contributed by atoms with van der Waals surface area (Å²) >= 11 is 0. The molecule has 0 amide bonds. The van der Waals surface area contributed by atoms with Crippen LogP contribution in [-0.4, -0.2) is 22.1 Å². The van der Waals surface area contributed by atoms with E-state index in [9.17, 15) is 0 Å². The van der Waals surface area contributed by atoms with E-state index in [0.717, 1.165) is 0 Å². The average molecular weight is 202 g/mol. The number of anilines is 1. The molecule has 0 saturated carbocycles. The standard InChI is InChI=1S/C10H10N4O/c1-15-9-4-2-3-8(14-9)10-12-5-7(11)6-13-10/h2-6H,11H2,1H3. The molecule has 0 saturated heterocycles. The van der Waals surface area contributed by atoms with Crippen molar-refractivity contribution in [1.29, 1.82) is 0 Å². The molecule has 0 aliphatic rings. The summed E-state index contributed by atoms with van der Waals surface area (Å²) in [5.74, 6) is 1.07. The predicted molar refractivity (Wildman–Crippen MR) is 56.2 cm³/mol. The maximum absolute atomic E-state index is 5.49. The lowest BCUT2D eigenvalue weighted by Gasteiger charge is -2.01. The number of ether oxygens (including phenoxy) is 1. The molecule has 0 aromatic carbocycles. The minimum absolute atomic E-state index is 0.529. The summed E-state index contributed by atoms with van der Waals surface area (Å²) in [7, 11) is 1.57. The molecular formula is C10H10N4O. The van der Waals surface area contributed by atoms with Gasteiger partial charge in [-0.15, -0.1) is 0 Å². The van der Waals surface area contributed by atoms with E-state index >= 15 is 0 Å². The maximum Gasteiger partial charge on any atom is 0.213 e. The second-order valence-corrected chi connectivity index (χ2v) is 2.91. The van der Waals surface area contributed by atoms with Gasteiger partial charge in [-0.3, -0.25) is 0 Å². The number of nitrogen functional groups attached to an aromatic ring is 1.